The molecule has 0 unspecified atom stereocenters. The maximum absolute atomic E-state index is 10.8. The Kier molecular flexibility index (Phi) is 7.17. The number of hydrogen-bond donors (Lipinski definition) is 0. The summed E-state index contributed by atoms with van der Waals surface area (Å²) in [4.78, 5) is 10.8. The van der Waals surface area contributed by atoms with Crippen molar-refractivity contribution in [3.05, 3.63) is 12.3 Å². The van der Waals surface area contributed by atoms with Gasteiger partial charge in [0.05, 0.1) is 6.61 Å². The van der Waals surface area contributed by atoms with Gasteiger partial charge in [-0.3, -0.25) is 4.79 Å². The van der Waals surface area contributed by atoms with Crippen LogP contribution in [0.3, 0.4) is 0 Å². The van der Waals surface area contributed by atoms with Gasteiger partial charge in [0.25, 0.3) is 0 Å². The van der Waals surface area contributed by atoms with E-state index in [-0.39, 0.29) is 5.78 Å². The Labute approximate surface area is 87.3 Å². The summed E-state index contributed by atoms with van der Waals surface area (Å²) in [6.07, 6.45) is 4.72. The van der Waals surface area contributed by atoms with E-state index in [0.717, 1.165) is 6.42 Å². The second-order valence-corrected chi connectivity index (χ2v) is 3.71. The minimum atomic E-state index is -0.0738. The lowest BCUT2D eigenvalue weighted by Crippen LogP contribution is -2.11. The summed E-state index contributed by atoms with van der Waals surface area (Å²) in [5, 5.41) is 0. The van der Waals surface area contributed by atoms with Crippen LogP contribution in [0, 0.1) is 5.92 Å². The zero-order valence-corrected chi connectivity index (χ0v) is 9.64. The first kappa shape index (κ1) is 13.2. The Morgan fingerprint density at radius 2 is 2.07 bits per heavy atom. The molecular formula is C12H22O2. The van der Waals surface area contributed by atoms with E-state index >= 15 is 0 Å². The first-order valence-electron chi connectivity index (χ1n) is 5.44. The van der Waals surface area contributed by atoms with Crippen molar-refractivity contribution in [1.29, 1.82) is 0 Å². The molecule has 0 aromatic rings. The van der Waals surface area contributed by atoms with Crippen molar-refractivity contribution < 1.29 is 9.53 Å². The van der Waals surface area contributed by atoms with E-state index in [9.17, 15) is 4.79 Å². The van der Waals surface area contributed by atoms with Gasteiger partial charge in [-0.15, -0.1) is 0 Å². The van der Waals surface area contributed by atoms with E-state index < -0.39 is 0 Å². The zero-order valence-electron chi connectivity index (χ0n) is 9.64. The summed E-state index contributed by atoms with van der Waals surface area (Å²) in [6.45, 7) is 10.0. The minimum Gasteiger partial charge on any atom is -0.490 e. The molecule has 0 aromatic carbocycles. The Bertz CT molecular complexity index is 185. The summed E-state index contributed by atoms with van der Waals surface area (Å²) >= 11 is 0. The summed E-state index contributed by atoms with van der Waals surface area (Å²) < 4.78 is 5.31. The van der Waals surface area contributed by atoms with Crippen molar-refractivity contribution in [2.24, 2.45) is 5.92 Å². The lowest BCUT2D eigenvalue weighted by molar-refractivity contribution is -0.117. The molecule has 0 heterocycles. The normalized spacial score (nSPS) is 12.2. The van der Waals surface area contributed by atoms with Crippen LogP contribution in [0.2, 0.25) is 0 Å². The molecule has 82 valence electrons. The predicted octanol–water partition coefficient (Wildman–Crippen LogP) is 3.32. The van der Waals surface area contributed by atoms with Crippen LogP contribution in [0.1, 0.15) is 46.5 Å². The first-order valence-corrected chi connectivity index (χ1v) is 5.44. The SMILES string of the molecule is C=C(OC[C@H](CC)CCCC)C(C)=O. The quantitative estimate of drug-likeness (QED) is 0.442. The van der Waals surface area contributed by atoms with Gasteiger partial charge in [0, 0.05) is 6.92 Å². The molecule has 0 aliphatic rings. The maximum atomic E-state index is 10.8. The highest BCUT2D eigenvalue weighted by Crippen LogP contribution is 2.14. The van der Waals surface area contributed by atoms with Crippen LogP contribution in [0.5, 0.6) is 0 Å². The number of carbonyl (C=O) groups excluding carboxylic acids is 1. The Morgan fingerprint density at radius 3 is 2.50 bits per heavy atom. The Balaban J connectivity index is 3.71. The predicted molar refractivity (Wildman–Crippen MR) is 59.1 cm³/mol. The van der Waals surface area contributed by atoms with Crippen molar-refractivity contribution in [2.75, 3.05) is 6.61 Å². The molecule has 0 saturated heterocycles. The third-order valence-corrected chi connectivity index (χ3v) is 2.43. The van der Waals surface area contributed by atoms with Crippen LogP contribution in [-0.4, -0.2) is 12.4 Å². The average molecular weight is 198 g/mol. The summed E-state index contributed by atoms with van der Waals surface area (Å²) in [5.74, 6) is 0.779. The van der Waals surface area contributed by atoms with Gasteiger partial charge in [-0.05, 0) is 12.3 Å². The standard InChI is InChI=1S/C12H22O2/c1-5-7-8-12(6-2)9-14-11(4)10(3)13/h12H,4-9H2,1-3H3/t12-/m1/s1. The van der Waals surface area contributed by atoms with E-state index in [1.807, 2.05) is 0 Å². The lowest BCUT2D eigenvalue weighted by Gasteiger charge is -2.15. The van der Waals surface area contributed by atoms with Gasteiger partial charge in [0.15, 0.2) is 11.5 Å². The summed E-state index contributed by atoms with van der Waals surface area (Å²) in [7, 11) is 0. The number of ketones is 1. The molecule has 0 aliphatic heterocycles. The van der Waals surface area contributed by atoms with Gasteiger partial charge in [-0.25, -0.2) is 0 Å². The highest BCUT2D eigenvalue weighted by atomic mass is 16.5. The van der Waals surface area contributed by atoms with E-state index in [1.54, 1.807) is 0 Å². The van der Waals surface area contributed by atoms with Crippen molar-refractivity contribution in [3.63, 3.8) is 0 Å². The van der Waals surface area contributed by atoms with E-state index in [4.69, 9.17) is 4.74 Å². The summed E-state index contributed by atoms with van der Waals surface area (Å²) in [5.41, 5.74) is 0. The molecular weight excluding hydrogens is 176 g/mol. The first-order chi connectivity index (χ1) is 6.61. The maximum Gasteiger partial charge on any atom is 0.193 e. The van der Waals surface area contributed by atoms with Crippen LogP contribution in [-0.2, 0) is 9.53 Å². The largest absolute Gasteiger partial charge is 0.490 e. The van der Waals surface area contributed by atoms with Gasteiger partial charge < -0.3 is 4.74 Å². The third kappa shape index (κ3) is 5.79. The molecule has 0 N–H and O–H groups in total. The molecule has 0 fully saturated rings. The molecule has 0 bridgehead atoms. The van der Waals surface area contributed by atoms with E-state index in [0.29, 0.717) is 18.3 Å². The van der Waals surface area contributed by atoms with Crippen molar-refractivity contribution in [3.8, 4) is 0 Å². The van der Waals surface area contributed by atoms with Crippen molar-refractivity contribution in [2.45, 2.75) is 46.5 Å². The van der Waals surface area contributed by atoms with Gasteiger partial charge in [0.1, 0.15) is 0 Å². The van der Waals surface area contributed by atoms with E-state index in [1.165, 1.54) is 26.2 Å². The summed E-state index contributed by atoms with van der Waals surface area (Å²) in [6, 6.07) is 0. The van der Waals surface area contributed by atoms with E-state index in [2.05, 4.69) is 20.4 Å². The Hall–Kier alpha value is -0.790. The molecule has 0 radical (unpaired) electrons. The minimum absolute atomic E-state index is 0.0738. The zero-order chi connectivity index (χ0) is 11.0. The molecule has 14 heavy (non-hydrogen) atoms. The molecule has 0 saturated carbocycles. The number of unbranched alkanes of at least 4 members (excludes halogenated alkanes) is 1. The van der Waals surface area contributed by atoms with Crippen molar-refractivity contribution in [1.82, 2.24) is 0 Å². The fourth-order valence-electron chi connectivity index (χ4n) is 1.22. The molecule has 0 amide bonds. The molecule has 2 nitrogen and oxygen atoms in total. The number of Topliss-reactive ketones (excluding diaryl/α,β-unsaturated/α-hetero) is 1. The fraction of sp³-hybridized carbons (Fsp3) is 0.750. The van der Waals surface area contributed by atoms with Gasteiger partial charge in [-0.2, -0.15) is 0 Å². The van der Waals surface area contributed by atoms with Crippen LogP contribution in [0.25, 0.3) is 0 Å². The lowest BCUT2D eigenvalue weighted by atomic mass is 10.0. The van der Waals surface area contributed by atoms with Crippen LogP contribution in [0.15, 0.2) is 12.3 Å². The highest BCUT2D eigenvalue weighted by Gasteiger charge is 2.08. The van der Waals surface area contributed by atoms with Gasteiger partial charge in [0.2, 0.25) is 0 Å². The Morgan fingerprint density at radius 1 is 1.43 bits per heavy atom. The second kappa shape index (κ2) is 7.60. The van der Waals surface area contributed by atoms with Crippen molar-refractivity contribution >= 4 is 5.78 Å². The number of ether oxygens (including phenoxy) is 1. The molecule has 0 rings (SSSR count). The van der Waals surface area contributed by atoms with Crippen LogP contribution in [0.4, 0.5) is 0 Å². The molecule has 2 heteroatoms. The monoisotopic (exact) mass is 198 g/mol. The molecule has 0 aromatic heterocycles. The smallest absolute Gasteiger partial charge is 0.193 e. The topological polar surface area (TPSA) is 26.3 Å². The fourth-order valence-corrected chi connectivity index (χ4v) is 1.22. The van der Waals surface area contributed by atoms with Crippen LogP contribution < -0.4 is 0 Å². The molecule has 0 spiro atoms. The molecule has 1 atom stereocenters. The highest BCUT2D eigenvalue weighted by molar-refractivity contribution is 5.90. The number of carbonyl (C=O) groups is 1. The second-order valence-electron chi connectivity index (χ2n) is 3.71. The number of allylic oxidation sites excluding steroid dienone is 1. The number of rotatable bonds is 8. The number of hydrogen-bond acceptors (Lipinski definition) is 2. The van der Waals surface area contributed by atoms with Crippen LogP contribution >= 0.6 is 0 Å². The van der Waals surface area contributed by atoms with Gasteiger partial charge >= 0.3 is 0 Å². The molecule has 0 aliphatic carbocycles. The third-order valence-electron chi connectivity index (χ3n) is 2.43. The average Bonchev–Trinajstić information content (AvgIpc) is 2.17. The van der Waals surface area contributed by atoms with Gasteiger partial charge in [-0.1, -0.05) is 39.7 Å².